The molecule has 0 saturated heterocycles. The molecule has 1 heterocycles. The maximum Gasteiger partial charge on any atom is 0.251 e. The van der Waals surface area contributed by atoms with E-state index >= 15 is 0 Å². The molecule has 0 bridgehead atoms. The van der Waals surface area contributed by atoms with Crippen molar-refractivity contribution in [2.24, 2.45) is 0 Å². The second-order valence-electron chi connectivity index (χ2n) is 3.76. The minimum absolute atomic E-state index is 0.0434. The van der Waals surface area contributed by atoms with Crippen molar-refractivity contribution < 1.29 is 0 Å². The van der Waals surface area contributed by atoms with Gasteiger partial charge in [-0.3, -0.25) is 4.79 Å². The highest BCUT2D eigenvalue weighted by Crippen LogP contribution is 2.37. The molecule has 0 radical (unpaired) electrons. The number of rotatable bonds is 2. The molecule has 1 fully saturated rings. The van der Waals surface area contributed by atoms with E-state index in [1.807, 2.05) is 19.9 Å². The summed E-state index contributed by atoms with van der Waals surface area (Å²) in [6.45, 7) is 3.92. The summed E-state index contributed by atoms with van der Waals surface area (Å²) >= 11 is 0. The fourth-order valence-electron chi connectivity index (χ4n) is 1.38. The van der Waals surface area contributed by atoms with Gasteiger partial charge in [-0.2, -0.15) is 0 Å². The number of H-pyrrole nitrogens is 1. The monoisotopic (exact) mass is 190 g/mol. The van der Waals surface area contributed by atoms with Crippen molar-refractivity contribution in [2.45, 2.75) is 32.6 Å². The first-order chi connectivity index (χ1) is 6.70. The first-order valence-electron chi connectivity index (χ1n) is 4.95. The standard InChI is InChI=1S/C11H14N2O/c1-3-7(2)9-6-10(14)13-11(12-9)8-4-5-8/h3,6,8H,4-5H2,1-2H3,(H,12,13,14)/b7-3+. The zero-order valence-corrected chi connectivity index (χ0v) is 8.50. The first kappa shape index (κ1) is 9.19. The van der Waals surface area contributed by atoms with Crippen molar-refractivity contribution in [3.05, 3.63) is 34.0 Å². The molecule has 0 aromatic carbocycles. The molecule has 0 spiro atoms. The van der Waals surface area contributed by atoms with Gasteiger partial charge in [0.15, 0.2) is 0 Å². The smallest absolute Gasteiger partial charge is 0.251 e. The molecule has 0 aliphatic heterocycles. The number of aromatic amines is 1. The summed E-state index contributed by atoms with van der Waals surface area (Å²) in [5.41, 5.74) is 1.81. The molecule has 1 saturated carbocycles. The molecular weight excluding hydrogens is 176 g/mol. The maximum atomic E-state index is 11.3. The van der Waals surface area contributed by atoms with Crippen LogP contribution in [0.4, 0.5) is 0 Å². The Labute approximate surface area is 82.9 Å². The van der Waals surface area contributed by atoms with Crippen molar-refractivity contribution in [2.75, 3.05) is 0 Å². The Morgan fingerprint density at radius 3 is 2.93 bits per heavy atom. The summed E-state index contributed by atoms with van der Waals surface area (Å²) in [7, 11) is 0. The van der Waals surface area contributed by atoms with E-state index in [1.165, 1.54) is 0 Å². The molecule has 3 nitrogen and oxygen atoms in total. The van der Waals surface area contributed by atoms with Crippen molar-refractivity contribution in [3.63, 3.8) is 0 Å². The largest absolute Gasteiger partial charge is 0.310 e. The molecule has 0 amide bonds. The van der Waals surface area contributed by atoms with E-state index in [0.717, 1.165) is 29.9 Å². The highest BCUT2D eigenvalue weighted by Gasteiger charge is 2.26. The average Bonchev–Trinajstić information content (AvgIpc) is 2.98. The van der Waals surface area contributed by atoms with Crippen LogP contribution in [0.25, 0.3) is 5.57 Å². The third-order valence-electron chi connectivity index (χ3n) is 2.56. The lowest BCUT2D eigenvalue weighted by Crippen LogP contribution is -2.11. The van der Waals surface area contributed by atoms with Crippen LogP contribution in [0.1, 0.15) is 44.1 Å². The molecule has 1 N–H and O–H groups in total. The van der Waals surface area contributed by atoms with Crippen molar-refractivity contribution >= 4 is 5.57 Å². The van der Waals surface area contributed by atoms with Gasteiger partial charge in [0.1, 0.15) is 5.82 Å². The molecule has 1 aliphatic carbocycles. The van der Waals surface area contributed by atoms with Crippen molar-refractivity contribution in [1.29, 1.82) is 0 Å². The maximum absolute atomic E-state index is 11.3. The Bertz CT molecular complexity index is 427. The van der Waals surface area contributed by atoms with Crippen molar-refractivity contribution in [3.8, 4) is 0 Å². The van der Waals surface area contributed by atoms with Crippen LogP contribution in [0.15, 0.2) is 16.9 Å². The van der Waals surface area contributed by atoms with E-state index in [2.05, 4.69) is 9.97 Å². The molecular formula is C11H14N2O. The molecule has 1 aromatic rings. The van der Waals surface area contributed by atoms with Gasteiger partial charge in [-0.1, -0.05) is 6.08 Å². The second-order valence-corrected chi connectivity index (χ2v) is 3.76. The summed E-state index contributed by atoms with van der Waals surface area (Å²) in [5.74, 6) is 1.35. The number of allylic oxidation sites excluding steroid dienone is 2. The molecule has 2 rings (SSSR count). The van der Waals surface area contributed by atoms with Gasteiger partial charge in [0.25, 0.3) is 5.56 Å². The van der Waals surface area contributed by atoms with Crippen molar-refractivity contribution in [1.82, 2.24) is 9.97 Å². The van der Waals surface area contributed by atoms with E-state index in [1.54, 1.807) is 6.07 Å². The van der Waals surface area contributed by atoms with E-state index in [9.17, 15) is 4.79 Å². The van der Waals surface area contributed by atoms with E-state index < -0.39 is 0 Å². The molecule has 14 heavy (non-hydrogen) atoms. The summed E-state index contributed by atoms with van der Waals surface area (Å²) in [6.07, 6.45) is 4.28. The molecule has 1 aromatic heterocycles. The average molecular weight is 190 g/mol. The van der Waals surface area contributed by atoms with E-state index in [4.69, 9.17) is 0 Å². The molecule has 0 unspecified atom stereocenters. The summed E-state index contributed by atoms with van der Waals surface area (Å²) < 4.78 is 0. The van der Waals surface area contributed by atoms with Gasteiger partial charge < -0.3 is 4.98 Å². The minimum Gasteiger partial charge on any atom is -0.310 e. The van der Waals surface area contributed by atoms with Gasteiger partial charge in [0.05, 0.1) is 5.69 Å². The van der Waals surface area contributed by atoms with Crippen LogP contribution in [0, 0.1) is 0 Å². The van der Waals surface area contributed by atoms with Crippen LogP contribution in [-0.2, 0) is 0 Å². The van der Waals surface area contributed by atoms with Crippen LogP contribution in [-0.4, -0.2) is 9.97 Å². The van der Waals surface area contributed by atoms with Crippen LogP contribution < -0.4 is 5.56 Å². The van der Waals surface area contributed by atoms with E-state index in [-0.39, 0.29) is 5.56 Å². The topological polar surface area (TPSA) is 45.8 Å². The van der Waals surface area contributed by atoms with Crippen LogP contribution in [0.5, 0.6) is 0 Å². The fourth-order valence-corrected chi connectivity index (χ4v) is 1.38. The third-order valence-corrected chi connectivity index (χ3v) is 2.56. The Kier molecular flexibility index (Phi) is 2.23. The zero-order chi connectivity index (χ0) is 10.1. The summed E-state index contributed by atoms with van der Waals surface area (Å²) in [5, 5.41) is 0. The fraction of sp³-hybridized carbons (Fsp3) is 0.455. The zero-order valence-electron chi connectivity index (χ0n) is 8.50. The molecule has 1 aliphatic rings. The second kappa shape index (κ2) is 3.40. The normalized spacial score (nSPS) is 17.1. The number of aromatic nitrogens is 2. The van der Waals surface area contributed by atoms with Gasteiger partial charge in [-0.05, 0) is 32.3 Å². The summed E-state index contributed by atoms with van der Waals surface area (Å²) in [6, 6.07) is 1.56. The van der Waals surface area contributed by atoms with Crippen LogP contribution >= 0.6 is 0 Å². The van der Waals surface area contributed by atoms with E-state index in [0.29, 0.717) is 5.92 Å². The number of hydrogen-bond donors (Lipinski definition) is 1. The Balaban J connectivity index is 2.46. The Hall–Kier alpha value is -1.38. The first-order valence-corrected chi connectivity index (χ1v) is 4.95. The summed E-state index contributed by atoms with van der Waals surface area (Å²) in [4.78, 5) is 18.6. The number of nitrogens with one attached hydrogen (secondary N) is 1. The van der Waals surface area contributed by atoms with Gasteiger partial charge in [0.2, 0.25) is 0 Å². The third kappa shape index (κ3) is 1.76. The van der Waals surface area contributed by atoms with Gasteiger partial charge >= 0.3 is 0 Å². The van der Waals surface area contributed by atoms with Crippen LogP contribution in [0.2, 0.25) is 0 Å². The lowest BCUT2D eigenvalue weighted by atomic mass is 10.2. The predicted octanol–water partition coefficient (Wildman–Crippen LogP) is 2.07. The van der Waals surface area contributed by atoms with Gasteiger partial charge in [-0.15, -0.1) is 0 Å². The van der Waals surface area contributed by atoms with Gasteiger partial charge in [0, 0.05) is 12.0 Å². The predicted molar refractivity (Wildman–Crippen MR) is 56.2 cm³/mol. The number of nitrogens with zero attached hydrogens (tertiary/aromatic N) is 1. The lowest BCUT2D eigenvalue weighted by Gasteiger charge is -2.02. The molecule has 74 valence electrons. The molecule has 3 heteroatoms. The number of hydrogen-bond acceptors (Lipinski definition) is 2. The Morgan fingerprint density at radius 2 is 2.36 bits per heavy atom. The lowest BCUT2D eigenvalue weighted by molar-refractivity contribution is 0.899. The van der Waals surface area contributed by atoms with Gasteiger partial charge in [-0.25, -0.2) is 4.98 Å². The molecule has 0 atom stereocenters. The van der Waals surface area contributed by atoms with Crippen LogP contribution in [0.3, 0.4) is 0 Å². The highest BCUT2D eigenvalue weighted by atomic mass is 16.1. The highest BCUT2D eigenvalue weighted by molar-refractivity contribution is 5.59. The quantitative estimate of drug-likeness (QED) is 0.776. The minimum atomic E-state index is -0.0434. The Morgan fingerprint density at radius 1 is 1.64 bits per heavy atom. The SMILES string of the molecule is C/C=C(\C)c1cc(=O)[nH]c(C2CC2)n1.